The number of cyclic esters (lactones) is 1. The maximum atomic E-state index is 14.5. The Bertz CT molecular complexity index is 646. The molecular weight excluding hydrogens is 315 g/mol. The van der Waals surface area contributed by atoms with Crippen molar-refractivity contribution in [3.63, 3.8) is 0 Å². The fraction of sp³-hybridized carbons (Fsp3) is 0.500. The average molecular weight is 336 g/mol. The number of carbonyl (C=O) groups is 2. The van der Waals surface area contributed by atoms with Crippen LogP contribution in [0.5, 0.6) is 0 Å². The van der Waals surface area contributed by atoms with Gasteiger partial charge in [0.15, 0.2) is 0 Å². The highest BCUT2D eigenvalue weighted by atomic mass is 19.1. The van der Waals surface area contributed by atoms with Crippen molar-refractivity contribution in [1.82, 2.24) is 4.90 Å². The van der Waals surface area contributed by atoms with Crippen LogP contribution in [0.3, 0.4) is 0 Å². The van der Waals surface area contributed by atoms with Gasteiger partial charge in [0.25, 0.3) is 0 Å². The van der Waals surface area contributed by atoms with Gasteiger partial charge in [-0.3, -0.25) is 9.69 Å². The Labute approximate surface area is 139 Å². The third-order valence-corrected chi connectivity index (χ3v) is 4.45. The highest BCUT2D eigenvalue weighted by Crippen LogP contribution is 2.28. The molecule has 2 N–H and O–H groups in total. The van der Waals surface area contributed by atoms with Crippen LogP contribution in [0.4, 0.5) is 20.6 Å². The van der Waals surface area contributed by atoms with Gasteiger partial charge in [-0.15, -0.1) is 0 Å². The highest BCUT2D eigenvalue weighted by molar-refractivity contribution is 5.90. The molecule has 0 unspecified atom stereocenters. The van der Waals surface area contributed by atoms with Crippen molar-refractivity contribution < 1.29 is 18.7 Å². The van der Waals surface area contributed by atoms with Crippen molar-refractivity contribution in [1.29, 1.82) is 0 Å². The summed E-state index contributed by atoms with van der Waals surface area (Å²) in [6, 6.07) is 4.71. The number of rotatable bonds is 3. The second-order valence-corrected chi connectivity index (χ2v) is 5.98. The number of nitrogens with two attached hydrogens (primary N) is 1. The molecule has 0 spiro atoms. The zero-order chi connectivity index (χ0) is 17.3. The first-order valence-electron chi connectivity index (χ1n) is 7.98. The lowest BCUT2D eigenvalue weighted by Crippen LogP contribution is -2.48. The third-order valence-electron chi connectivity index (χ3n) is 4.45. The molecule has 8 heteroatoms. The summed E-state index contributed by atoms with van der Waals surface area (Å²) in [5, 5.41) is 0. The summed E-state index contributed by atoms with van der Waals surface area (Å²) in [4.78, 5) is 28.2. The molecule has 2 heterocycles. The van der Waals surface area contributed by atoms with E-state index in [1.807, 2.05) is 4.90 Å². The van der Waals surface area contributed by atoms with Gasteiger partial charge in [0.2, 0.25) is 5.91 Å². The first kappa shape index (κ1) is 16.5. The van der Waals surface area contributed by atoms with Gasteiger partial charge in [-0.2, -0.15) is 0 Å². The van der Waals surface area contributed by atoms with Crippen molar-refractivity contribution in [2.24, 2.45) is 5.73 Å². The zero-order valence-corrected chi connectivity index (χ0v) is 13.6. The van der Waals surface area contributed by atoms with Gasteiger partial charge in [0.05, 0.1) is 17.9 Å². The summed E-state index contributed by atoms with van der Waals surface area (Å²) in [6.45, 7) is 4.41. The molecule has 0 aromatic heterocycles. The molecule has 0 bridgehead atoms. The monoisotopic (exact) mass is 336 g/mol. The Morgan fingerprint density at radius 1 is 1.33 bits per heavy atom. The van der Waals surface area contributed by atoms with Crippen molar-refractivity contribution in [2.45, 2.75) is 13.0 Å². The minimum absolute atomic E-state index is 0.0347. The minimum Gasteiger partial charge on any atom is -0.443 e. The molecule has 0 aliphatic carbocycles. The molecule has 1 atom stereocenters. The van der Waals surface area contributed by atoms with Crippen LogP contribution >= 0.6 is 0 Å². The van der Waals surface area contributed by atoms with Gasteiger partial charge in [-0.1, -0.05) is 0 Å². The van der Waals surface area contributed by atoms with Crippen LogP contribution in [-0.4, -0.2) is 62.3 Å². The van der Waals surface area contributed by atoms with Gasteiger partial charge in [-0.25, -0.2) is 9.18 Å². The smallest absolute Gasteiger partial charge is 0.414 e. The van der Waals surface area contributed by atoms with Crippen LogP contribution in [-0.2, 0) is 9.53 Å². The predicted octanol–water partition coefficient (Wildman–Crippen LogP) is 0.778. The Hall–Kier alpha value is -2.35. The quantitative estimate of drug-likeness (QED) is 0.882. The normalized spacial score (nSPS) is 21.2. The maximum Gasteiger partial charge on any atom is 0.414 e. The lowest BCUT2D eigenvalue weighted by atomic mass is 10.2. The van der Waals surface area contributed by atoms with Gasteiger partial charge < -0.3 is 20.3 Å². The van der Waals surface area contributed by atoms with Gasteiger partial charge >= 0.3 is 6.09 Å². The van der Waals surface area contributed by atoms with Crippen LogP contribution in [0, 0.1) is 5.82 Å². The molecule has 7 nitrogen and oxygen atoms in total. The van der Waals surface area contributed by atoms with Crippen molar-refractivity contribution in [2.75, 3.05) is 49.1 Å². The predicted molar refractivity (Wildman–Crippen MR) is 87.5 cm³/mol. The summed E-state index contributed by atoms with van der Waals surface area (Å²) >= 11 is 0. The lowest BCUT2D eigenvalue weighted by Gasteiger charge is -2.35. The maximum absolute atomic E-state index is 14.5. The minimum atomic E-state index is -0.507. The first-order valence-corrected chi connectivity index (χ1v) is 7.98. The number of hydrogen-bond acceptors (Lipinski definition) is 5. The van der Waals surface area contributed by atoms with Crippen molar-refractivity contribution in [3.8, 4) is 0 Å². The molecule has 0 radical (unpaired) electrons. The van der Waals surface area contributed by atoms with Crippen molar-refractivity contribution >= 4 is 23.4 Å². The Kier molecular flexibility index (Phi) is 4.57. The molecule has 2 saturated heterocycles. The van der Waals surface area contributed by atoms with Crippen LogP contribution < -0.4 is 15.5 Å². The Balaban J connectivity index is 1.72. The second kappa shape index (κ2) is 6.64. The number of nitrogens with zero attached hydrogens (tertiary/aromatic N) is 3. The number of amides is 2. The number of ether oxygens (including phenoxy) is 1. The fourth-order valence-electron chi connectivity index (χ4n) is 3.04. The second-order valence-electron chi connectivity index (χ2n) is 5.98. The summed E-state index contributed by atoms with van der Waals surface area (Å²) < 4.78 is 19.6. The molecule has 0 saturated carbocycles. The molecule has 3 rings (SSSR count). The Morgan fingerprint density at radius 3 is 2.58 bits per heavy atom. The number of anilines is 2. The number of hydrogen-bond donors (Lipinski definition) is 1. The summed E-state index contributed by atoms with van der Waals surface area (Å²) in [5.41, 5.74) is 6.44. The van der Waals surface area contributed by atoms with E-state index in [0.717, 1.165) is 0 Å². The Morgan fingerprint density at radius 2 is 2.04 bits per heavy atom. The molecule has 2 fully saturated rings. The number of carbonyl (C=O) groups excluding carboxylic acids is 2. The van der Waals surface area contributed by atoms with E-state index in [4.69, 9.17) is 10.5 Å². The van der Waals surface area contributed by atoms with Crippen molar-refractivity contribution in [3.05, 3.63) is 24.0 Å². The average Bonchev–Trinajstić information content (AvgIpc) is 2.96. The molecule has 2 aliphatic heterocycles. The van der Waals surface area contributed by atoms with E-state index in [0.29, 0.717) is 44.1 Å². The van der Waals surface area contributed by atoms with Crippen LogP contribution in [0.15, 0.2) is 18.2 Å². The highest BCUT2D eigenvalue weighted by Gasteiger charge is 2.32. The van der Waals surface area contributed by atoms with E-state index in [-0.39, 0.29) is 18.6 Å². The number of benzene rings is 1. The molecule has 2 aliphatic rings. The summed E-state index contributed by atoms with van der Waals surface area (Å²) in [5.74, 6) is -0.361. The van der Waals surface area contributed by atoms with E-state index in [1.165, 1.54) is 17.9 Å². The molecule has 1 aromatic carbocycles. The van der Waals surface area contributed by atoms with E-state index in [2.05, 4.69) is 0 Å². The van der Waals surface area contributed by atoms with E-state index < -0.39 is 11.9 Å². The van der Waals surface area contributed by atoms with E-state index in [1.54, 1.807) is 17.0 Å². The van der Waals surface area contributed by atoms with Crippen LogP contribution in [0.25, 0.3) is 0 Å². The summed E-state index contributed by atoms with van der Waals surface area (Å²) in [6.07, 6.45) is -0.868. The van der Waals surface area contributed by atoms with Crippen LogP contribution in [0.2, 0.25) is 0 Å². The number of halogens is 1. The van der Waals surface area contributed by atoms with E-state index in [9.17, 15) is 14.0 Å². The molecular formula is C16H21FN4O3. The zero-order valence-electron chi connectivity index (χ0n) is 13.6. The SMILES string of the molecule is CC(=O)N1CCN(c2ccc(N3C[C@H](CN)OC3=O)cc2F)CC1. The standard InChI is InChI=1S/C16H21FN4O3/c1-11(22)19-4-6-20(7-5-19)15-3-2-12(8-14(15)17)21-10-13(9-18)24-16(21)23/h2-3,8,13H,4-7,9-10,18H2,1H3/t13-/m0/s1. The summed E-state index contributed by atoms with van der Waals surface area (Å²) in [7, 11) is 0. The van der Waals surface area contributed by atoms with Gasteiger partial charge in [0, 0.05) is 39.6 Å². The first-order chi connectivity index (χ1) is 11.5. The van der Waals surface area contributed by atoms with E-state index >= 15 is 0 Å². The topological polar surface area (TPSA) is 79.1 Å². The molecule has 130 valence electrons. The molecule has 1 aromatic rings. The van der Waals surface area contributed by atoms with Gasteiger partial charge in [0.1, 0.15) is 11.9 Å². The largest absolute Gasteiger partial charge is 0.443 e. The fourth-order valence-corrected chi connectivity index (χ4v) is 3.04. The van der Waals surface area contributed by atoms with Gasteiger partial charge in [-0.05, 0) is 18.2 Å². The molecule has 24 heavy (non-hydrogen) atoms. The lowest BCUT2D eigenvalue weighted by molar-refractivity contribution is -0.129. The van der Waals surface area contributed by atoms with Crippen LogP contribution in [0.1, 0.15) is 6.92 Å². The molecule has 2 amide bonds. The number of piperazine rings is 1. The third kappa shape index (κ3) is 3.14.